The van der Waals surface area contributed by atoms with Gasteiger partial charge in [-0.15, -0.1) is 0 Å². The molecular formula is C32H40FIN2O5. The summed E-state index contributed by atoms with van der Waals surface area (Å²) >= 11 is -0.874. The van der Waals surface area contributed by atoms with Gasteiger partial charge < -0.3 is 25.2 Å². The first kappa shape index (κ1) is 31.3. The summed E-state index contributed by atoms with van der Waals surface area (Å²) in [6, 6.07) is 16.0. The van der Waals surface area contributed by atoms with Gasteiger partial charge in [-0.2, -0.15) is 0 Å². The Balaban J connectivity index is 1.50. The minimum Gasteiger partial charge on any atom is -0.460 e. The fourth-order valence-corrected chi connectivity index (χ4v) is 8.18. The lowest BCUT2D eigenvalue weighted by Crippen LogP contribution is -2.34. The number of benzene rings is 2. The molecule has 0 unspecified atom stereocenters. The van der Waals surface area contributed by atoms with E-state index in [4.69, 9.17) is 4.74 Å². The van der Waals surface area contributed by atoms with Gasteiger partial charge in [0.25, 0.3) is 5.91 Å². The molecule has 3 atom stereocenters. The summed E-state index contributed by atoms with van der Waals surface area (Å²) in [5.74, 6) is -0.633. The Morgan fingerprint density at radius 1 is 1.07 bits per heavy atom. The van der Waals surface area contributed by atoms with Crippen molar-refractivity contribution in [3.63, 3.8) is 0 Å². The first-order chi connectivity index (χ1) is 19.4. The van der Waals surface area contributed by atoms with Gasteiger partial charge in [-0.3, -0.25) is 9.59 Å². The van der Waals surface area contributed by atoms with E-state index in [-0.39, 0.29) is 36.5 Å². The van der Waals surface area contributed by atoms with Crippen LogP contribution in [0, 0.1) is 11.7 Å². The third-order valence-electron chi connectivity index (χ3n) is 6.88. The third-order valence-corrected chi connectivity index (χ3v) is 10.2. The zero-order chi connectivity index (χ0) is 29.7. The Bertz CT molecular complexity index is 1290. The van der Waals surface area contributed by atoms with E-state index in [0.29, 0.717) is 13.0 Å². The molecule has 0 spiro atoms. The first-order valence-electron chi connectivity index (χ1n) is 14.1. The minimum absolute atomic E-state index is 0.0401. The molecule has 7 nitrogen and oxygen atoms in total. The lowest BCUT2D eigenvalue weighted by Gasteiger charge is -2.28. The van der Waals surface area contributed by atoms with Crippen molar-refractivity contribution in [3.05, 3.63) is 80.8 Å². The molecule has 0 radical (unpaired) electrons. The van der Waals surface area contributed by atoms with Crippen molar-refractivity contribution >= 4 is 36.2 Å². The number of amides is 1. The smallest absolute Gasteiger partial charge is 0.308 e. The Labute approximate surface area is 251 Å². The van der Waals surface area contributed by atoms with Crippen LogP contribution in [0.4, 0.5) is 4.39 Å². The third kappa shape index (κ3) is 8.93. The minimum atomic E-state index is -1.02. The first-order valence-corrected chi connectivity index (χ1v) is 16.3. The zero-order valence-corrected chi connectivity index (χ0v) is 26.2. The molecule has 222 valence electrons. The molecule has 4 rings (SSSR count). The number of carbonyl (C=O) groups is 2. The number of rotatable bonds is 12. The lowest BCUT2D eigenvalue weighted by molar-refractivity contribution is -0.157. The second-order valence-electron chi connectivity index (χ2n) is 11.7. The predicted molar refractivity (Wildman–Crippen MR) is 166 cm³/mol. The molecule has 2 aliphatic rings. The Kier molecular flexibility index (Phi) is 10.4. The molecule has 9 heteroatoms. The number of esters is 1. The maximum Gasteiger partial charge on any atom is 0.308 e. The fraction of sp³-hybridized carbons (Fsp3) is 0.469. The number of allylic oxidation sites excluding steroid dienone is 1. The molecule has 1 amide bonds. The normalized spacial score (nSPS) is 17.8. The number of hydrogen-bond donors (Lipinski definition) is 3. The fourth-order valence-electron chi connectivity index (χ4n) is 4.80. The van der Waals surface area contributed by atoms with Crippen molar-refractivity contribution in [1.82, 2.24) is 10.2 Å². The van der Waals surface area contributed by atoms with Crippen molar-refractivity contribution in [2.24, 2.45) is 5.92 Å². The number of aliphatic hydroxyl groups excluding tert-OH is 2. The molecule has 1 aliphatic carbocycles. The average molecular weight is 679 g/mol. The van der Waals surface area contributed by atoms with Gasteiger partial charge in [0.15, 0.2) is 0 Å². The second kappa shape index (κ2) is 13.6. The van der Waals surface area contributed by atoms with Crippen LogP contribution in [0.2, 0.25) is 0 Å². The molecule has 2 aromatic rings. The van der Waals surface area contributed by atoms with E-state index in [1.807, 2.05) is 37.3 Å². The number of aliphatic hydroxyl groups is 2. The van der Waals surface area contributed by atoms with Crippen molar-refractivity contribution in [3.8, 4) is 0 Å². The number of hydrogen-bond acceptors (Lipinski definition) is 6. The highest BCUT2D eigenvalue weighted by atomic mass is 127. The van der Waals surface area contributed by atoms with Crippen LogP contribution in [0.1, 0.15) is 77.0 Å². The van der Waals surface area contributed by atoms with Crippen molar-refractivity contribution in [1.29, 1.82) is 0 Å². The van der Waals surface area contributed by atoms with E-state index >= 15 is 0 Å². The van der Waals surface area contributed by atoms with Gasteiger partial charge in [0.1, 0.15) is 11.4 Å². The van der Waals surface area contributed by atoms with Crippen LogP contribution >= 0.6 is 20.7 Å². The number of halogens is 2. The summed E-state index contributed by atoms with van der Waals surface area (Å²) < 4.78 is 20.9. The molecule has 41 heavy (non-hydrogen) atoms. The Morgan fingerprint density at radius 3 is 2.34 bits per heavy atom. The van der Waals surface area contributed by atoms with Crippen molar-refractivity contribution in [2.75, 3.05) is 6.54 Å². The quantitative estimate of drug-likeness (QED) is 0.208. The predicted octanol–water partition coefficient (Wildman–Crippen LogP) is 5.32. The monoisotopic (exact) mass is 678 g/mol. The summed E-state index contributed by atoms with van der Waals surface area (Å²) in [7, 11) is 0. The zero-order valence-electron chi connectivity index (χ0n) is 24.1. The van der Waals surface area contributed by atoms with E-state index in [0.717, 1.165) is 36.9 Å². The Morgan fingerprint density at radius 2 is 1.73 bits per heavy atom. The SMILES string of the molecule is C[C@H](NC(=O)C1=C(C2CC2)N(CC[C@@H](O)C[C@@H](O)CC(=O)OC(C)(C)C)C(c2ccc(F)cc2)=I1)c1ccccc1. The van der Waals surface area contributed by atoms with Crippen molar-refractivity contribution in [2.45, 2.75) is 83.6 Å². The highest BCUT2D eigenvalue weighted by Gasteiger charge is 2.39. The molecule has 1 heterocycles. The molecule has 3 N–H and O–H groups in total. The topological polar surface area (TPSA) is 99.1 Å². The van der Waals surface area contributed by atoms with E-state index in [2.05, 4.69) is 10.2 Å². The molecule has 0 aromatic heterocycles. The van der Waals surface area contributed by atoms with Gasteiger partial charge in [-0.05, 0) is 83.2 Å². The number of nitrogens with one attached hydrogen (secondary N) is 1. The van der Waals surface area contributed by atoms with Crippen LogP contribution in [0.3, 0.4) is 0 Å². The number of ether oxygens (including phenoxy) is 1. The maximum absolute atomic E-state index is 13.8. The summed E-state index contributed by atoms with van der Waals surface area (Å²) in [5.41, 5.74) is 2.26. The largest absolute Gasteiger partial charge is 0.460 e. The number of carbonyl (C=O) groups excluding carboxylic acids is 2. The van der Waals surface area contributed by atoms with Crippen LogP contribution in [0.5, 0.6) is 0 Å². The van der Waals surface area contributed by atoms with Crippen LogP contribution < -0.4 is 5.32 Å². The summed E-state index contributed by atoms with van der Waals surface area (Å²) in [6.07, 6.45) is 0.308. The lowest BCUT2D eigenvalue weighted by atomic mass is 10.0. The second-order valence-corrected chi connectivity index (χ2v) is 14.4. The standard InChI is InChI=1S/C32H40FIN2O5/c1-20(21-8-6-5-7-9-21)35-31(40)28-29(22-10-11-22)36(30(34-28)23-12-14-24(33)15-13-23)17-16-25(37)18-26(38)19-27(39)41-32(2,3)4/h5-9,12-15,20,22,25-26,37-38H,10-11,16-19H2,1-4H3,(H,35,40)/t20-,25+,26+/m0/s1. The van der Waals surface area contributed by atoms with Crippen LogP contribution in [0.25, 0.3) is 0 Å². The van der Waals surface area contributed by atoms with E-state index < -0.39 is 44.5 Å². The van der Waals surface area contributed by atoms with Crippen LogP contribution in [0.15, 0.2) is 63.9 Å². The number of nitrogens with zero attached hydrogens (tertiary/aromatic N) is 1. The molecule has 1 saturated carbocycles. The van der Waals surface area contributed by atoms with Gasteiger partial charge in [0.05, 0.1) is 31.9 Å². The average Bonchev–Trinajstić information content (AvgIpc) is 3.67. The molecule has 1 fully saturated rings. The van der Waals surface area contributed by atoms with E-state index in [9.17, 15) is 24.2 Å². The summed E-state index contributed by atoms with van der Waals surface area (Å²) in [4.78, 5) is 27.9. The molecule has 2 aromatic carbocycles. The van der Waals surface area contributed by atoms with Gasteiger partial charge in [-0.25, -0.2) is 4.39 Å². The van der Waals surface area contributed by atoms with Gasteiger partial charge in [0, 0.05) is 23.7 Å². The van der Waals surface area contributed by atoms with Crippen molar-refractivity contribution < 1.29 is 28.9 Å². The van der Waals surface area contributed by atoms with E-state index in [1.54, 1.807) is 32.9 Å². The Hall–Kier alpha value is -2.63. The van der Waals surface area contributed by atoms with E-state index in [1.165, 1.54) is 12.1 Å². The molecular weight excluding hydrogens is 638 g/mol. The van der Waals surface area contributed by atoms with Gasteiger partial charge >= 0.3 is 5.97 Å². The molecule has 1 aliphatic heterocycles. The summed E-state index contributed by atoms with van der Waals surface area (Å²) in [6.45, 7) is 7.72. The van der Waals surface area contributed by atoms with Gasteiger partial charge in [-0.1, -0.05) is 51.1 Å². The highest BCUT2D eigenvalue weighted by Crippen LogP contribution is 2.47. The van der Waals surface area contributed by atoms with Crippen LogP contribution in [-0.2, 0) is 14.3 Å². The maximum atomic E-state index is 13.8. The highest BCUT2D eigenvalue weighted by molar-refractivity contribution is 14.2. The van der Waals surface area contributed by atoms with Crippen LogP contribution in [-0.4, -0.2) is 55.0 Å². The molecule has 0 saturated heterocycles. The summed E-state index contributed by atoms with van der Waals surface area (Å²) in [5, 5.41) is 24.4. The van der Waals surface area contributed by atoms with Gasteiger partial charge in [0.2, 0.25) is 0 Å². The molecule has 0 bridgehead atoms.